The van der Waals surface area contributed by atoms with Crippen molar-refractivity contribution in [1.29, 1.82) is 0 Å². The summed E-state index contributed by atoms with van der Waals surface area (Å²) in [4.78, 5) is 39.8. The van der Waals surface area contributed by atoms with Crippen molar-refractivity contribution in [2.45, 2.75) is 66.3 Å². The second-order valence-electron chi connectivity index (χ2n) is 7.48. The Hall–Kier alpha value is -1.59. The lowest BCUT2D eigenvalue weighted by Gasteiger charge is -2.34. The van der Waals surface area contributed by atoms with Crippen LogP contribution in [-0.2, 0) is 14.4 Å². The summed E-state index contributed by atoms with van der Waals surface area (Å²) in [5.41, 5.74) is 0. The molecule has 1 N–H and O–H groups in total. The first-order valence-electron chi connectivity index (χ1n) is 9.20. The molecule has 0 bridgehead atoms. The summed E-state index contributed by atoms with van der Waals surface area (Å²) in [5.74, 6) is 1.20. The molecule has 3 amide bonds. The summed E-state index contributed by atoms with van der Waals surface area (Å²) in [7, 11) is 0. The van der Waals surface area contributed by atoms with E-state index in [-0.39, 0.29) is 31.2 Å². The van der Waals surface area contributed by atoms with Crippen LogP contribution >= 0.6 is 0 Å². The molecule has 1 aliphatic carbocycles. The highest BCUT2D eigenvalue weighted by atomic mass is 16.2. The number of carbonyl (C=O) groups excluding carboxylic acids is 3. The van der Waals surface area contributed by atoms with Gasteiger partial charge in [0.1, 0.15) is 0 Å². The van der Waals surface area contributed by atoms with Gasteiger partial charge < -0.3 is 15.1 Å². The van der Waals surface area contributed by atoms with Gasteiger partial charge in [0.15, 0.2) is 0 Å². The first kappa shape index (κ1) is 21.5. The zero-order chi connectivity index (χ0) is 17.7. The number of nitrogens with zero attached hydrogens (tertiary/aromatic N) is 2. The maximum absolute atomic E-state index is 12.5. The summed E-state index contributed by atoms with van der Waals surface area (Å²) < 4.78 is 0. The minimum Gasteiger partial charge on any atom is -0.356 e. The number of hydrogen-bond acceptors (Lipinski definition) is 3. The van der Waals surface area contributed by atoms with Crippen molar-refractivity contribution in [2.24, 2.45) is 11.8 Å². The highest BCUT2D eigenvalue weighted by Gasteiger charge is 2.36. The van der Waals surface area contributed by atoms with Gasteiger partial charge in [-0.3, -0.25) is 14.4 Å². The highest BCUT2D eigenvalue weighted by molar-refractivity contribution is 5.80. The Bertz CT molecular complexity index is 475. The van der Waals surface area contributed by atoms with Crippen molar-refractivity contribution in [2.75, 3.05) is 26.2 Å². The van der Waals surface area contributed by atoms with Crippen molar-refractivity contribution in [3.63, 3.8) is 0 Å². The predicted molar refractivity (Wildman–Crippen MR) is 98.9 cm³/mol. The minimum absolute atomic E-state index is 0. The Balaban J connectivity index is 0.00000312. The number of rotatable bonds is 7. The van der Waals surface area contributed by atoms with E-state index in [4.69, 9.17) is 0 Å². The van der Waals surface area contributed by atoms with E-state index >= 15 is 0 Å². The molecule has 144 valence electrons. The van der Waals surface area contributed by atoms with Crippen LogP contribution in [0, 0.1) is 11.8 Å². The van der Waals surface area contributed by atoms with Crippen LogP contribution in [0.4, 0.5) is 0 Å². The Morgan fingerprint density at radius 3 is 2.52 bits per heavy atom. The number of nitrogens with one attached hydrogen (secondary N) is 1. The predicted octanol–water partition coefficient (Wildman–Crippen LogP) is 2.03. The molecule has 6 heteroatoms. The van der Waals surface area contributed by atoms with Crippen molar-refractivity contribution in [1.82, 2.24) is 15.1 Å². The third kappa shape index (κ3) is 6.67. The molecule has 1 unspecified atom stereocenters. The lowest BCUT2D eigenvalue weighted by Crippen LogP contribution is -2.48. The number of hydrogen-bond donors (Lipinski definition) is 1. The van der Waals surface area contributed by atoms with E-state index < -0.39 is 0 Å². The second kappa shape index (κ2) is 9.78. The largest absolute Gasteiger partial charge is 0.356 e. The molecule has 0 radical (unpaired) electrons. The number of amides is 3. The SMILES string of the molecule is C.CC(=O)NCCCC(=O)N1CCC(=O)N(CC2CC2)C(C(C)C)C1. The maximum Gasteiger partial charge on any atom is 0.224 e. The van der Waals surface area contributed by atoms with Crippen LogP contribution in [0.5, 0.6) is 0 Å². The van der Waals surface area contributed by atoms with Crippen molar-refractivity contribution < 1.29 is 14.4 Å². The average molecular weight is 354 g/mol. The average Bonchev–Trinajstić information content (AvgIpc) is 3.33. The molecule has 6 nitrogen and oxygen atoms in total. The maximum atomic E-state index is 12.5. The van der Waals surface area contributed by atoms with Gasteiger partial charge in [0.25, 0.3) is 0 Å². The van der Waals surface area contributed by atoms with E-state index in [1.165, 1.54) is 19.8 Å². The second-order valence-corrected chi connectivity index (χ2v) is 7.48. The Labute approximate surface area is 152 Å². The molecule has 0 aromatic rings. The summed E-state index contributed by atoms with van der Waals surface area (Å²) >= 11 is 0. The summed E-state index contributed by atoms with van der Waals surface area (Å²) in [5, 5.41) is 2.71. The van der Waals surface area contributed by atoms with E-state index in [0.717, 1.165) is 6.54 Å². The molecule has 1 heterocycles. The van der Waals surface area contributed by atoms with Crippen LogP contribution in [0.25, 0.3) is 0 Å². The summed E-state index contributed by atoms with van der Waals surface area (Å²) in [6.45, 7) is 8.26. The van der Waals surface area contributed by atoms with E-state index in [2.05, 4.69) is 19.2 Å². The molecular weight excluding hydrogens is 318 g/mol. The Morgan fingerprint density at radius 1 is 1.28 bits per heavy atom. The van der Waals surface area contributed by atoms with Gasteiger partial charge in [-0.2, -0.15) is 0 Å². The van der Waals surface area contributed by atoms with Gasteiger partial charge in [0.2, 0.25) is 17.7 Å². The van der Waals surface area contributed by atoms with Gasteiger partial charge >= 0.3 is 0 Å². The lowest BCUT2D eigenvalue weighted by molar-refractivity contribution is -0.134. The molecule has 0 aromatic heterocycles. The monoisotopic (exact) mass is 353 g/mol. The van der Waals surface area contributed by atoms with Crippen LogP contribution in [0.3, 0.4) is 0 Å². The molecule has 1 atom stereocenters. The first-order chi connectivity index (χ1) is 11.4. The topological polar surface area (TPSA) is 69.7 Å². The van der Waals surface area contributed by atoms with Gasteiger partial charge in [0.05, 0.1) is 6.04 Å². The van der Waals surface area contributed by atoms with Gasteiger partial charge in [-0.25, -0.2) is 0 Å². The quantitative estimate of drug-likeness (QED) is 0.712. The smallest absolute Gasteiger partial charge is 0.224 e. The highest BCUT2D eigenvalue weighted by Crippen LogP contribution is 2.32. The van der Waals surface area contributed by atoms with Crippen molar-refractivity contribution in [3.8, 4) is 0 Å². The van der Waals surface area contributed by atoms with Crippen LogP contribution in [-0.4, -0.2) is 59.7 Å². The fourth-order valence-corrected chi connectivity index (χ4v) is 3.25. The van der Waals surface area contributed by atoms with E-state index in [0.29, 0.717) is 50.7 Å². The van der Waals surface area contributed by atoms with Crippen LogP contribution in [0.2, 0.25) is 0 Å². The normalized spacial score (nSPS) is 21.0. The molecule has 2 rings (SSSR count). The van der Waals surface area contributed by atoms with Gasteiger partial charge in [0, 0.05) is 45.9 Å². The molecule has 0 aromatic carbocycles. The van der Waals surface area contributed by atoms with Crippen molar-refractivity contribution in [3.05, 3.63) is 0 Å². The molecule has 2 aliphatic rings. The minimum atomic E-state index is -0.0709. The summed E-state index contributed by atoms with van der Waals surface area (Å²) in [6, 6.07) is 0.111. The molecule has 1 saturated carbocycles. The van der Waals surface area contributed by atoms with E-state index in [9.17, 15) is 14.4 Å². The molecule has 1 saturated heterocycles. The zero-order valence-corrected chi connectivity index (χ0v) is 15.2. The summed E-state index contributed by atoms with van der Waals surface area (Å²) in [6.07, 6.45) is 3.93. The third-order valence-electron chi connectivity index (χ3n) is 4.94. The molecule has 1 aliphatic heterocycles. The van der Waals surface area contributed by atoms with E-state index in [1.807, 2.05) is 9.80 Å². The zero-order valence-electron chi connectivity index (χ0n) is 15.2. The Morgan fingerprint density at radius 2 is 1.96 bits per heavy atom. The molecular formula is C19H35N3O3. The fourth-order valence-electron chi connectivity index (χ4n) is 3.25. The Kier molecular flexibility index (Phi) is 8.39. The van der Waals surface area contributed by atoms with E-state index in [1.54, 1.807) is 0 Å². The lowest BCUT2D eigenvalue weighted by atomic mass is 10.0. The number of carbonyl (C=O) groups is 3. The first-order valence-corrected chi connectivity index (χ1v) is 9.20. The van der Waals surface area contributed by atoms with Gasteiger partial charge in [-0.15, -0.1) is 0 Å². The fraction of sp³-hybridized carbons (Fsp3) is 0.842. The molecule has 2 fully saturated rings. The molecule has 0 spiro atoms. The van der Waals surface area contributed by atoms with Gasteiger partial charge in [-0.1, -0.05) is 21.3 Å². The standard InChI is InChI=1S/C18H31N3O3.CH4/c1-13(2)16-12-20(17(23)5-4-9-19-14(3)22)10-8-18(24)21(16)11-15-6-7-15;/h13,15-16H,4-12H2,1-3H3,(H,19,22);1H4. The third-order valence-corrected chi connectivity index (χ3v) is 4.94. The van der Waals surface area contributed by atoms with Crippen LogP contribution in [0.1, 0.15) is 60.3 Å². The molecule has 25 heavy (non-hydrogen) atoms. The van der Waals surface area contributed by atoms with Crippen LogP contribution in [0.15, 0.2) is 0 Å². The van der Waals surface area contributed by atoms with Gasteiger partial charge in [-0.05, 0) is 31.1 Å². The van der Waals surface area contributed by atoms with Crippen LogP contribution < -0.4 is 5.32 Å². The van der Waals surface area contributed by atoms with Crippen molar-refractivity contribution >= 4 is 17.7 Å².